The van der Waals surface area contributed by atoms with Crippen LogP contribution in [-0.4, -0.2) is 34.7 Å². The van der Waals surface area contributed by atoms with E-state index in [0.29, 0.717) is 15.6 Å². The molecule has 0 saturated heterocycles. The standard InChI is InChI=1S/C13H13Cl2NO4/c14-9-5-8(6-10(15)7-9)1-2-12(18)16-4-3-11(17)13(19)20/h1-2,5-7,11,17H,3-4H2,(H,16,18)(H,19,20)/b2-1+. The number of aliphatic hydroxyl groups is 1. The van der Waals surface area contributed by atoms with Gasteiger partial charge in [0.15, 0.2) is 6.10 Å². The molecule has 5 nitrogen and oxygen atoms in total. The van der Waals surface area contributed by atoms with Crippen molar-refractivity contribution < 1.29 is 19.8 Å². The number of amides is 1. The Labute approximate surface area is 125 Å². The second-order valence-corrected chi connectivity index (χ2v) is 4.84. The van der Waals surface area contributed by atoms with E-state index in [-0.39, 0.29) is 13.0 Å². The predicted molar refractivity (Wildman–Crippen MR) is 76.8 cm³/mol. The summed E-state index contributed by atoms with van der Waals surface area (Å²) in [5.74, 6) is -1.72. The molecule has 0 fully saturated rings. The van der Waals surface area contributed by atoms with Crippen LogP contribution in [0.3, 0.4) is 0 Å². The number of carboxylic acid groups (broad SMARTS) is 1. The van der Waals surface area contributed by atoms with E-state index in [1.54, 1.807) is 18.2 Å². The molecular weight excluding hydrogens is 305 g/mol. The van der Waals surface area contributed by atoms with Gasteiger partial charge < -0.3 is 15.5 Å². The zero-order valence-electron chi connectivity index (χ0n) is 10.3. The van der Waals surface area contributed by atoms with Gasteiger partial charge in [-0.1, -0.05) is 23.2 Å². The van der Waals surface area contributed by atoms with Crippen molar-refractivity contribution in [1.29, 1.82) is 0 Å². The van der Waals surface area contributed by atoms with E-state index < -0.39 is 18.0 Å². The number of hydrogen-bond acceptors (Lipinski definition) is 3. The number of carbonyl (C=O) groups excluding carboxylic acids is 1. The topological polar surface area (TPSA) is 86.6 Å². The van der Waals surface area contributed by atoms with Crippen LogP contribution in [0.5, 0.6) is 0 Å². The third-order valence-corrected chi connectivity index (χ3v) is 2.75. The van der Waals surface area contributed by atoms with Crippen molar-refractivity contribution in [2.45, 2.75) is 12.5 Å². The SMILES string of the molecule is O=C(/C=C/c1cc(Cl)cc(Cl)c1)NCCC(O)C(=O)O. The lowest BCUT2D eigenvalue weighted by Gasteiger charge is -2.05. The Hall–Kier alpha value is -1.56. The molecule has 108 valence electrons. The molecule has 1 rings (SSSR count). The van der Waals surface area contributed by atoms with Crippen LogP contribution >= 0.6 is 23.2 Å². The number of halogens is 2. The van der Waals surface area contributed by atoms with Crippen LogP contribution in [0.1, 0.15) is 12.0 Å². The number of nitrogens with one attached hydrogen (secondary N) is 1. The van der Waals surface area contributed by atoms with Crippen LogP contribution in [0.4, 0.5) is 0 Å². The first-order valence-electron chi connectivity index (χ1n) is 5.71. The number of aliphatic hydroxyl groups excluding tert-OH is 1. The lowest BCUT2D eigenvalue weighted by Crippen LogP contribution is -2.28. The molecule has 7 heteroatoms. The molecule has 3 N–H and O–H groups in total. The number of carbonyl (C=O) groups is 2. The van der Waals surface area contributed by atoms with Crippen LogP contribution in [-0.2, 0) is 9.59 Å². The van der Waals surface area contributed by atoms with E-state index in [9.17, 15) is 9.59 Å². The Balaban J connectivity index is 2.45. The number of rotatable bonds is 6. The van der Waals surface area contributed by atoms with Crippen molar-refractivity contribution in [1.82, 2.24) is 5.32 Å². The number of carboxylic acids is 1. The third kappa shape index (κ3) is 6.06. The fourth-order valence-corrected chi connectivity index (χ4v) is 1.90. The summed E-state index contributed by atoms with van der Waals surface area (Å²) in [4.78, 5) is 21.8. The molecule has 1 aromatic rings. The Morgan fingerprint density at radius 1 is 1.25 bits per heavy atom. The average molecular weight is 318 g/mol. The van der Waals surface area contributed by atoms with Gasteiger partial charge in [-0.05, 0) is 29.8 Å². The second-order valence-electron chi connectivity index (χ2n) is 3.97. The van der Waals surface area contributed by atoms with Crippen LogP contribution in [0.15, 0.2) is 24.3 Å². The van der Waals surface area contributed by atoms with E-state index in [2.05, 4.69) is 5.32 Å². The molecule has 0 saturated carbocycles. The molecule has 0 radical (unpaired) electrons. The van der Waals surface area contributed by atoms with Gasteiger partial charge in [-0.3, -0.25) is 4.79 Å². The summed E-state index contributed by atoms with van der Waals surface area (Å²) in [6.45, 7) is 0.0624. The lowest BCUT2D eigenvalue weighted by molar-refractivity contribution is -0.147. The summed E-state index contributed by atoms with van der Waals surface area (Å²) in [5.41, 5.74) is 0.670. The van der Waals surface area contributed by atoms with E-state index in [0.717, 1.165) is 0 Å². The summed E-state index contributed by atoms with van der Waals surface area (Å²) >= 11 is 11.6. The summed E-state index contributed by atoms with van der Waals surface area (Å²) in [5, 5.41) is 20.8. The van der Waals surface area contributed by atoms with E-state index >= 15 is 0 Å². The molecular formula is C13H13Cl2NO4. The van der Waals surface area contributed by atoms with Gasteiger partial charge in [-0.25, -0.2) is 4.79 Å². The van der Waals surface area contributed by atoms with Crippen molar-refractivity contribution in [3.8, 4) is 0 Å². The predicted octanol–water partition coefficient (Wildman–Crippen LogP) is 1.96. The van der Waals surface area contributed by atoms with Crippen molar-refractivity contribution in [2.75, 3.05) is 6.54 Å². The lowest BCUT2D eigenvalue weighted by atomic mass is 10.2. The first kappa shape index (κ1) is 16.5. The number of aliphatic carboxylic acids is 1. The first-order chi connectivity index (χ1) is 9.38. The Kier molecular flexibility index (Phi) is 6.51. The second kappa shape index (κ2) is 7.89. The highest BCUT2D eigenvalue weighted by Crippen LogP contribution is 2.19. The van der Waals surface area contributed by atoms with E-state index in [1.165, 1.54) is 12.2 Å². The van der Waals surface area contributed by atoms with Gasteiger partial charge in [0.05, 0.1) is 0 Å². The molecule has 0 aliphatic rings. The van der Waals surface area contributed by atoms with Crippen molar-refractivity contribution in [3.63, 3.8) is 0 Å². The molecule has 1 unspecified atom stereocenters. The highest BCUT2D eigenvalue weighted by Gasteiger charge is 2.12. The first-order valence-corrected chi connectivity index (χ1v) is 6.47. The van der Waals surface area contributed by atoms with Gasteiger partial charge in [0.25, 0.3) is 0 Å². The molecule has 0 bridgehead atoms. The molecule has 20 heavy (non-hydrogen) atoms. The average Bonchev–Trinajstić information content (AvgIpc) is 2.35. The molecule has 0 aliphatic carbocycles. The maximum Gasteiger partial charge on any atom is 0.332 e. The molecule has 0 spiro atoms. The smallest absolute Gasteiger partial charge is 0.332 e. The molecule has 0 aromatic heterocycles. The van der Waals surface area contributed by atoms with Crippen LogP contribution in [0, 0.1) is 0 Å². The van der Waals surface area contributed by atoms with Gasteiger partial charge in [0.2, 0.25) is 5.91 Å². The maximum atomic E-state index is 11.4. The van der Waals surface area contributed by atoms with Crippen LogP contribution in [0.2, 0.25) is 10.0 Å². The summed E-state index contributed by atoms with van der Waals surface area (Å²) < 4.78 is 0. The van der Waals surface area contributed by atoms with Crippen molar-refractivity contribution in [2.24, 2.45) is 0 Å². The Morgan fingerprint density at radius 2 is 1.85 bits per heavy atom. The van der Waals surface area contributed by atoms with E-state index in [1.807, 2.05) is 0 Å². The highest BCUT2D eigenvalue weighted by molar-refractivity contribution is 6.34. The molecule has 1 atom stereocenters. The molecule has 1 amide bonds. The van der Waals surface area contributed by atoms with Crippen molar-refractivity contribution >= 4 is 41.2 Å². The Morgan fingerprint density at radius 3 is 2.40 bits per heavy atom. The van der Waals surface area contributed by atoms with Crippen LogP contribution in [0.25, 0.3) is 6.08 Å². The summed E-state index contributed by atoms with van der Waals surface area (Å²) in [6.07, 6.45) is 1.26. The minimum atomic E-state index is -1.48. The highest BCUT2D eigenvalue weighted by atomic mass is 35.5. The summed E-state index contributed by atoms with van der Waals surface area (Å²) in [7, 11) is 0. The van der Waals surface area contributed by atoms with Gasteiger partial charge in [0.1, 0.15) is 0 Å². The fourth-order valence-electron chi connectivity index (χ4n) is 1.36. The molecule has 0 heterocycles. The zero-order valence-corrected chi connectivity index (χ0v) is 11.9. The maximum absolute atomic E-state index is 11.4. The number of benzene rings is 1. The van der Waals surface area contributed by atoms with E-state index in [4.69, 9.17) is 33.4 Å². The fraction of sp³-hybridized carbons (Fsp3) is 0.231. The summed E-state index contributed by atoms with van der Waals surface area (Å²) in [6, 6.07) is 4.87. The minimum absolute atomic E-state index is 0.0576. The van der Waals surface area contributed by atoms with Gasteiger partial charge in [0, 0.05) is 29.1 Å². The van der Waals surface area contributed by atoms with Crippen LogP contribution < -0.4 is 5.32 Å². The number of hydrogen-bond donors (Lipinski definition) is 3. The molecule has 0 aliphatic heterocycles. The van der Waals surface area contributed by atoms with Gasteiger partial charge in [-0.15, -0.1) is 0 Å². The monoisotopic (exact) mass is 317 g/mol. The van der Waals surface area contributed by atoms with Gasteiger partial charge >= 0.3 is 5.97 Å². The molecule has 1 aromatic carbocycles. The van der Waals surface area contributed by atoms with Gasteiger partial charge in [-0.2, -0.15) is 0 Å². The zero-order chi connectivity index (χ0) is 15.1. The normalized spacial score (nSPS) is 12.3. The third-order valence-electron chi connectivity index (χ3n) is 2.31. The minimum Gasteiger partial charge on any atom is -0.479 e. The quantitative estimate of drug-likeness (QED) is 0.700. The van der Waals surface area contributed by atoms with Crippen molar-refractivity contribution in [3.05, 3.63) is 39.9 Å². The largest absolute Gasteiger partial charge is 0.479 e. The Bertz CT molecular complexity index is 511.